The van der Waals surface area contributed by atoms with Crippen LogP contribution in [0.15, 0.2) is 59.6 Å². The van der Waals surface area contributed by atoms with Gasteiger partial charge in [0.15, 0.2) is 5.96 Å². The Labute approximate surface area is 156 Å². The molecule has 0 aliphatic carbocycles. The molecule has 0 heterocycles. The molecule has 0 radical (unpaired) electrons. The number of halogens is 1. The summed E-state index contributed by atoms with van der Waals surface area (Å²) < 4.78 is 0. The van der Waals surface area contributed by atoms with Crippen LogP contribution in [-0.4, -0.2) is 30.5 Å². The van der Waals surface area contributed by atoms with Gasteiger partial charge in [-0.15, -0.1) is 24.0 Å². The molecule has 2 aromatic rings. The van der Waals surface area contributed by atoms with Crippen LogP contribution >= 0.6 is 24.0 Å². The fourth-order valence-electron chi connectivity index (χ4n) is 2.44. The van der Waals surface area contributed by atoms with Gasteiger partial charge in [0.25, 0.3) is 0 Å². The van der Waals surface area contributed by atoms with Gasteiger partial charge in [-0.25, -0.2) is 0 Å². The first kappa shape index (κ1) is 19.5. The maximum atomic E-state index is 5.98. The normalized spacial score (nSPS) is 11.0. The van der Waals surface area contributed by atoms with E-state index in [0.29, 0.717) is 5.96 Å². The summed E-state index contributed by atoms with van der Waals surface area (Å²) in [5.74, 6) is 0.644. The van der Waals surface area contributed by atoms with Crippen molar-refractivity contribution in [3.63, 3.8) is 0 Å². The quantitative estimate of drug-likeness (QED) is 0.431. The van der Waals surface area contributed by atoms with Crippen molar-refractivity contribution in [2.45, 2.75) is 20.3 Å². The molecule has 2 N–H and O–H groups in total. The van der Waals surface area contributed by atoms with E-state index in [1.54, 1.807) is 0 Å². The minimum atomic E-state index is 0. The molecule has 0 amide bonds. The van der Waals surface area contributed by atoms with E-state index in [1.165, 1.54) is 16.7 Å². The van der Waals surface area contributed by atoms with Crippen LogP contribution in [0, 0.1) is 0 Å². The number of nitrogens with zero attached hydrogens (tertiary/aromatic N) is 2. The zero-order chi connectivity index (χ0) is 15.8. The summed E-state index contributed by atoms with van der Waals surface area (Å²) in [6.45, 7) is 6.71. The molecule has 0 aromatic heterocycles. The highest BCUT2D eigenvalue weighted by atomic mass is 127. The van der Waals surface area contributed by atoms with Crippen LogP contribution in [0.25, 0.3) is 11.1 Å². The Bertz CT molecular complexity index is 590. The fraction of sp³-hybridized carbons (Fsp3) is 0.316. The lowest BCUT2D eigenvalue weighted by atomic mass is 10.0. The van der Waals surface area contributed by atoms with Crippen molar-refractivity contribution in [2.24, 2.45) is 10.7 Å². The predicted octanol–water partition coefficient (Wildman–Crippen LogP) is 4.17. The second-order valence-electron chi connectivity index (χ2n) is 5.23. The topological polar surface area (TPSA) is 41.6 Å². The van der Waals surface area contributed by atoms with Crippen LogP contribution in [0.1, 0.15) is 19.4 Å². The summed E-state index contributed by atoms with van der Waals surface area (Å²) in [5, 5.41) is 0. The number of aliphatic imine (C=N–C) groups is 1. The molecule has 0 aliphatic heterocycles. The van der Waals surface area contributed by atoms with Crippen LogP contribution in [0.2, 0.25) is 0 Å². The Morgan fingerprint density at radius 2 is 1.48 bits per heavy atom. The molecule has 124 valence electrons. The summed E-state index contributed by atoms with van der Waals surface area (Å²) in [6, 6.07) is 19.1. The SMILES string of the molecule is CCN(CC)C(N)=NCCc1ccc(-c2ccccc2)cc1.I. The largest absolute Gasteiger partial charge is 0.370 e. The van der Waals surface area contributed by atoms with Crippen LogP contribution in [0.5, 0.6) is 0 Å². The van der Waals surface area contributed by atoms with Crippen LogP contribution in [0.4, 0.5) is 0 Å². The summed E-state index contributed by atoms with van der Waals surface area (Å²) >= 11 is 0. The van der Waals surface area contributed by atoms with Crippen molar-refractivity contribution >= 4 is 29.9 Å². The summed E-state index contributed by atoms with van der Waals surface area (Å²) in [7, 11) is 0. The first-order valence-electron chi connectivity index (χ1n) is 7.93. The lowest BCUT2D eigenvalue weighted by molar-refractivity contribution is 0.458. The third-order valence-electron chi connectivity index (χ3n) is 3.82. The van der Waals surface area contributed by atoms with Gasteiger partial charge in [0, 0.05) is 19.6 Å². The average molecular weight is 423 g/mol. The second kappa shape index (κ2) is 10.3. The van der Waals surface area contributed by atoms with E-state index < -0.39 is 0 Å². The standard InChI is InChI=1S/C19H25N3.HI/c1-3-22(4-2)19(20)21-15-14-16-10-12-18(13-11-16)17-8-6-5-7-9-17;/h5-13H,3-4,14-15H2,1-2H3,(H2,20,21);1H. The Hall–Kier alpha value is -1.56. The van der Waals surface area contributed by atoms with E-state index in [-0.39, 0.29) is 24.0 Å². The number of nitrogens with two attached hydrogens (primary N) is 1. The Balaban J connectivity index is 0.00000264. The summed E-state index contributed by atoms with van der Waals surface area (Å²) in [6.07, 6.45) is 0.914. The third kappa shape index (κ3) is 5.86. The summed E-state index contributed by atoms with van der Waals surface area (Å²) in [4.78, 5) is 6.53. The average Bonchev–Trinajstić information content (AvgIpc) is 2.57. The van der Waals surface area contributed by atoms with E-state index >= 15 is 0 Å². The van der Waals surface area contributed by atoms with Crippen LogP contribution in [-0.2, 0) is 6.42 Å². The number of hydrogen-bond acceptors (Lipinski definition) is 1. The second-order valence-corrected chi connectivity index (χ2v) is 5.23. The minimum absolute atomic E-state index is 0. The molecule has 0 atom stereocenters. The van der Waals surface area contributed by atoms with E-state index in [1.807, 2.05) is 6.07 Å². The minimum Gasteiger partial charge on any atom is -0.370 e. The molecular formula is C19H26IN3. The number of hydrogen-bond donors (Lipinski definition) is 1. The maximum absolute atomic E-state index is 5.98. The first-order chi connectivity index (χ1) is 10.7. The van der Waals surface area contributed by atoms with Gasteiger partial charge < -0.3 is 10.6 Å². The highest BCUT2D eigenvalue weighted by Gasteiger charge is 2.01. The van der Waals surface area contributed by atoms with Gasteiger partial charge in [-0.2, -0.15) is 0 Å². The monoisotopic (exact) mass is 423 g/mol. The lowest BCUT2D eigenvalue weighted by Gasteiger charge is -2.19. The van der Waals surface area contributed by atoms with Gasteiger partial charge in [0.1, 0.15) is 0 Å². The fourth-order valence-corrected chi connectivity index (χ4v) is 2.44. The van der Waals surface area contributed by atoms with Crippen LogP contribution < -0.4 is 5.73 Å². The van der Waals surface area contributed by atoms with E-state index in [9.17, 15) is 0 Å². The van der Waals surface area contributed by atoms with Gasteiger partial charge in [-0.1, -0.05) is 54.6 Å². The first-order valence-corrected chi connectivity index (χ1v) is 7.93. The molecule has 0 spiro atoms. The van der Waals surface area contributed by atoms with Gasteiger partial charge in [-0.05, 0) is 37.0 Å². The number of rotatable bonds is 6. The van der Waals surface area contributed by atoms with Crippen molar-refractivity contribution in [1.29, 1.82) is 0 Å². The molecule has 3 nitrogen and oxygen atoms in total. The number of guanidine groups is 1. The third-order valence-corrected chi connectivity index (χ3v) is 3.82. The molecule has 4 heteroatoms. The molecule has 0 aliphatic rings. The molecule has 2 rings (SSSR count). The molecule has 0 unspecified atom stereocenters. The Kier molecular flexibility index (Phi) is 8.69. The molecule has 0 fully saturated rings. The van der Waals surface area contributed by atoms with Crippen molar-refractivity contribution in [1.82, 2.24) is 4.90 Å². The van der Waals surface area contributed by atoms with Gasteiger partial charge in [0.2, 0.25) is 0 Å². The van der Waals surface area contributed by atoms with E-state index in [2.05, 4.69) is 72.3 Å². The highest BCUT2D eigenvalue weighted by Crippen LogP contribution is 2.19. The highest BCUT2D eigenvalue weighted by molar-refractivity contribution is 14.0. The van der Waals surface area contributed by atoms with Crippen LogP contribution in [0.3, 0.4) is 0 Å². The maximum Gasteiger partial charge on any atom is 0.191 e. The predicted molar refractivity (Wildman–Crippen MR) is 110 cm³/mol. The van der Waals surface area contributed by atoms with Gasteiger partial charge in [0.05, 0.1) is 0 Å². The Morgan fingerprint density at radius 3 is 2.04 bits per heavy atom. The zero-order valence-electron chi connectivity index (χ0n) is 13.9. The zero-order valence-corrected chi connectivity index (χ0v) is 16.2. The van der Waals surface area contributed by atoms with E-state index in [4.69, 9.17) is 5.73 Å². The molecule has 0 saturated carbocycles. The molecule has 2 aromatic carbocycles. The van der Waals surface area contributed by atoms with E-state index in [0.717, 1.165) is 26.1 Å². The summed E-state index contributed by atoms with van der Waals surface area (Å²) in [5.41, 5.74) is 9.76. The van der Waals surface area contributed by atoms with Crippen molar-refractivity contribution < 1.29 is 0 Å². The molecule has 23 heavy (non-hydrogen) atoms. The smallest absolute Gasteiger partial charge is 0.191 e. The van der Waals surface area contributed by atoms with Gasteiger partial charge >= 0.3 is 0 Å². The lowest BCUT2D eigenvalue weighted by Crippen LogP contribution is -2.37. The molecule has 0 bridgehead atoms. The van der Waals surface area contributed by atoms with Crippen molar-refractivity contribution in [3.05, 3.63) is 60.2 Å². The Morgan fingerprint density at radius 1 is 0.913 bits per heavy atom. The molecule has 0 saturated heterocycles. The van der Waals surface area contributed by atoms with Crippen molar-refractivity contribution in [2.75, 3.05) is 19.6 Å². The van der Waals surface area contributed by atoms with Crippen molar-refractivity contribution in [3.8, 4) is 11.1 Å². The number of benzene rings is 2. The van der Waals surface area contributed by atoms with Gasteiger partial charge in [-0.3, -0.25) is 4.99 Å². The molecular weight excluding hydrogens is 397 g/mol.